The van der Waals surface area contributed by atoms with Crippen LogP contribution in [0.3, 0.4) is 0 Å². The van der Waals surface area contributed by atoms with Crippen LogP contribution in [0.25, 0.3) is 0 Å². The van der Waals surface area contributed by atoms with Gasteiger partial charge in [0, 0.05) is 31.7 Å². The molecular formula is C22H27N3O2. The number of para-hydroxylation sites is 1. The Kier molecular flexibility index (Phi) is 5.91. The number of nitrogens with zero attached hydrogens (tertiary/aromatic N) is 2. The van der Waals surface area contributed by atoms with Crippen molar-refractivity contribution < 1.29 is 9.59 Å². The van der Waals surface area contributed by atoms with Crippen molar-refractivity contribution in [2.45, 2.75) is 32.4 Å². The minimum absolute atomic E-state index is 0.0113. The molecule has 1 atom stereocenters. The zero-order valence-electron chi connectivity index (χ0n) is 16.2. The molecule has 1 unspecified atom stereocenters. The van der Waals surface area contributed by atoms with Crippen LogP contribution in [0.5, 0.6) is 0 Å². The van der Waals surface area contributed by atoms with E-state index in [0.717, 1.165) is 23.4 Å². The van der Waals surface area contributed by atoms with Crippen molar-refractivity contribution in [1.82, 2.24) is 9.80 Å². The van der Waals surface area contributed by atoms with Gasteiger partial charge in [0.05, 0.1) is 5.92 Å². The Balaban J connectivity index is 1.76. The average Bonchev–Trinajstić information content (AvgIpc) is 2.65. The largest absolute Gasteiger partial charge is 0.338 e. The molecular weight excluding hydrogens is 338 g/mol. The van der Waals surface area contributed by atoms with E-state index in [1.54, 1.807) is 0 Å². The molecule has 27 heavy (non-hydrogen) atoms. The van der Waals surface area contributed by atoms with Gasteiger partial charge in [-0.3, -0.25) is 9.59 Å². The molecule has 0 saturated heterocycles. The van der Waals surface area contributed by atoms with Gasteiger partial charge in [-0.1, -0.05) is 42.5 Å². The van der Waals surface area contributed by atoms with Crippen molar-refractivity contribution in [2.24, 2.45) is 0 Å². The number of hydrogen-bond donors (Lipinski definition) is 1. The van der Waals surface area contributed by atoms with Gasteiger partial charge in [-0.05, 0) is 43.8 Å². The molecule has 0 saturated carbocycles. The number of fused-ring (bicyclic) bond motifs is 1. The summed E-state index contributed by atoms with van der Waals surface area (Å²) in [7, 11) is 4.09. The highest BCUT2D eigenvalue weighted by atomic mass is 16.2. The second-order valence-corrected chi connectivity index (χ2v) is 7.30. The Morgan fingerprint density at radius 3 is 2.30 bits per heavy atom. The first-order valence-electron chi connectivity index (χ1n) is 9.38. The van der Waals surface area contributed by atoms with Gasteiger partial charge in [0.2, 0.25) is 11.8 Å². The fourth-order valence-corrected chi connectivity index (χ4v) is 3.53. The second-order valence-electron chi connectivity index (χ2n) is 7.30. The normalized spacial score (nSPS) is 16.0. The minimum Gasteiger partial charge on any atom is -0.338 e. The van der Waals surface area contributed by atoms with Gasteiger partial charge >= 0.3 is 0 Å². The van der Waals surface area contributed by atoms with Gasteiger partial charge < -0.3 is 15.1 Å². The van der Waals surface area contributed by atoms with Crippen molar-refractivity contribution in [2.75, 3.05) is 26.0 Å². The van der Waals surface area contributed by atoms with Crippen LogP contribution in [0.2, 0.25) is 0 Å². The molecule has 0 fully saturated rings. The molecule has 1 aliphatic rings. The first-order chi connectivity index (χ1) is 13.0. The van der Waals surface area contributed by atoms with Crippen LogP contribution < -0.4 is 5.32 Å². The third-order valence-corrected chi connectivity index (χ3v) is 4.89. The second kappa shape index (κ2) is 8.35. The van der Waals surface area contributed by atoms with Crippen molar-refractivity contribution >= 4 is 17.5 Å². The standard InChI is InChI=1S/C22H27N3O2/c1-4-25(15-17-11-9-16(10-12-17)14-24(2)3)22(27)19-13-21(26)23-20-8-6-5-7-18(19)20/h5-12,19H,4,13-15H2,1-3H3,(H,23,26). The molecule has 3 rings (SSSR count). The van der Waals surface area contributed by atoms with Gasteiger partial charge in [-0.2, -0.15) is 0 Å². The topological polar surface area (TPSA) is 52.7 Å². The number of rotatable bonds is 6. The Morgan fingerprint density at radius 1 is 1.04 bits per heavy atom. The predicted molar refractivity (Wildman–Crippen MR) is 107 cm³/mol. The van der Waals surface area contributed by atoms with E-state index in [1.165, 1.54) is 5.56 Å². The summed E-state index contributed by atoms with van der Waals surface area (Å²) in [6.07, 6.45) is 0.202. The number of hydrogen-bond acceptors (Lipinski definition) is 3. The van der Waals surface area contributed by atoms with Gasteiger partial charge in [-0.15, -0.1) is 0 Å². The first-order valence-corrected chi connectivity index (χ1v) is 9.38. The van der Waals surface area contributed by atoms with Crippen LogP contribution in [-0.4, -0.2) is 42.3 Å². The van der Waals surface area contributed by atoms with Crippen LogP contribution in [0.4, 0.5) is 5.69 Å². The fraction of sp³-hybridized carbons (Fsp3) is 0.364. The van der Waals surface area contributed by atoms with Crippen molar-refractivity contribution in [3.05, 3.63) is 65.2 Å². The Labute approximate surface area is 161 Å². The lowest BCUT2D eigenvalue weighted by Crippen LogP contribution is -2.38. The molecule has 0 bridgehead atoms. The maximum atomic E-state index is 13.2. The van der Waals surface area contributed by atoms with E-state index >= 15 is 0 Å². The number of carbonyl (C=O) groups excluding carboxylic acids is 2. The monoisotopic (exact) mass is 365 g/mol. The van der Waals surface area contributed by atoms with Crippen LogP contribution >= 0.6 is 0 Å². The van der Waals surface area contributed by atoms with Gasteiger partial charge in [-0.25, -0.2) is 0 Å². The molecule has 0 aromatic heterocycles. The van der Waals surface area contributed by atoms with Gasteiger partial charge in [0.25, 0.3) is 0 Å². The van der Waals surface area contributed by atoms with Crippen LogP contribution in [0.15, 0.2) is 48.5 Å². The van der Waals surface area contributed by atoms with Crippen molar-refractivity contribution in [3.8, 4) is 0 Å². The summed E-state index contributed by atoms with van der Waals surface area (Å²) < 4.78 is 0. The lowest BCUT2D eigenvalue weighted by Gasteiger charge is -2.30. The molecule has 0 spiro atoms. The highest BCUT2D eigenvalue weighted by molar-refractivity contribution is 6.01. The van der Waals surface area contributed by atoms with E-state index in [-0.39, 0.29) is 18.2 Å². The maximum Gasteiger partial charge on any atom is 0.231 e. The van der Waals surface area contributed by atoms with Crippen molar-refractivity contribution in [1.29, 1.82) is 0 Å². The predicted octanol–water partition coefficient (Wildman–Crippen LogP) is 3.22. The Bertz CT molecular complexity index is 815. The summed E-state index contributed by atoms with van der Waals surface area (Å²) in [4.78, 5) is 29.2. The van der Waals surface area contributed by atoms with E-state index in [1.807, 2.05) is 50.2 Å². The maximum absolute atomic E-state index is 13.2. The molecule has 2 amide bonds. The van der Waals surface area contributed by atoms with Gasteiger partial charge in [0.15, 0.2) is 0 Å². The van der Waals surface area contributed by atoms with Gasteiger partial charge in [0.1, 0.15) is 0 Å². The number of likely N-dealkylation sites (N-methyl/N-ethyl adjacent to an activating group) is 1. The summed E-state index contributed by atoms with van der Waals surface area (Å²) in [5.74, 6) is -0.503. The van der Waals surface area contributed by atoms with E-state index in [9.17, 15) is 9.59 Å². The molecule has 5 nitrogen and oxygen atoms in total. The van der Waals surface area contributed by atoms with Crippen LogP contribution in [0, 0.1) is 0 Å². The highest BCUT2D eigenvalue weighted by Crippen LogP contribution is 2.33. The number of carbonyl (C=O) groups is 2. The van der Waals surface area contributed by atoms with E-state index in [0.29, 0.717) is 13.1 Å². The zero-order valence-corrected chi connectivity index (χ0v) is 16.2. The van der Waals surface area contributed by atoms with E-state index in [4.69, 9.17) is 0 Å². The zero-order chi connectivity index (χ0) is 19.4. The quantitative estimate of drug-likeness (QED) is 0.855. The molecule has 5 heteroatoms. The summed E-state index contributed by atoms with van der Waals surface area (Å²) in [5, 5.41) is 2.86. The van der Waals surface area contributed by atoms with Crippen LogP contribution in [-0.2, 0) is 22.7 Å². The molecule has 1 heterocycles. The third-order valence-electron chi connectivity index (χ3n) is 4.89. The molecule has 0 radical (unpaired) electrons. The first kappa shape index (κ1) is 19.1. The number of anilines is 1. The summed E-state index contributed by atoms with van der Waals surface area (Å²) in [6, 6.07) is 15.9. The molecule has 2 aromatic rings. The smallest absolute Gasteiger partial charge is 0.231 e. The molecule has 142 valence electrons. The fourth-order valence-electron chi connectivity index (χ4n) is 3.53. The average molecular weight is 365 g/mol. The Morgan fingerprint density at radius 2 is 1.67 bits per heavy atom. The van der Waals surface area contributed by atoms with Crippen LogP contribution in [0.1, 0.15) is 36.0 Å². The molecule has 0 aliphatic carbocycles. The van der Waals surface area contributed by atoms with E-state index in [2.05, 4.69) is 34.5 Å². The highest BCUT2D eigenvalue weighted by Gasteiger charge is 2.32. The Hall–Kier alpha value is -2.66. The number of nitrogens with one attached hydrogen (secondary N) is 1. The lowest BCUT2D eigenvalue weighted by atomic mass is 9.89. The third kappa shape index (κ3) is 4.55. The SMILES string of the molecule is CCN(Cc1ccc(CN(C)C)cc1)C(=O)C1CC(=O)Nc2ccccc21. The molecule has 1 aliphatic heterocycles. The molecule has 2 aromatic carbocycles. The minimum atomic E-state index is -0.414. The lowest BCUT2D eigenvalue weighted by molar-refractivity contribution is -0.135. The van der Waals surface area contributed by atoms with Crippen molar-refractivity contribution in [3.63, 3.8) is 0 Å². The number of benzene rings is 2. The molecule has 1 N–H and O–H groups in total. The summed E-state index contributed by atoms with van der Waals surface area (Å²) in [6.45, 7) is 4.04. The van der Waals surface area contributed by atoms with E-state index < -0.39 is 5.92 Å². The number of amides is 2. The summed E-state index contributed by atoms with van der Waals surface area (Å²) in [5.41, 5.74) is 4.00. The summed E-state index contributed by atoms with van der Waals surface area (Å²) >= 11 is 0.